The van der Waals surface area contributed by atoms with E-state index in [-0.39, 0.29) is 5.69 Å². The Morgan fingerprint density at radius 2 is 2.11 bits per heavy atom. The molecule has 0 saturated carbocycles. The number of nitro benzene ring substituents is 1. The van der Waals surface area contributed by atoms with Crippen molar-refractivity contribution < 1.29 is 9.66 Å². The minimum absolute atomic E-state index is 0.0531. The van der Waals surface area contributed by atoms with Crippen LogP contribution in [-0.4, -0.2) is 18.1 Å². The average Bonchev–Trinajstić information content (AvgIpc) is 2.34. The molecular formula is C14H22N2O3. The lowest BCUT2D eigenvalue weighted by molar-refractivity contribution is -0.384. The van der Waals surface area contributed by atoms with E-state index in [0.717, 1.165) is 18.5 Å². The minimum atomic E-state index is -0.401. The highest BCUT2D eigenvalue weighted by Gasteiger charge is 2.10. The molecule has 0 aliphatic carbocycles. The molecular weight excluding hydrogens is 244 g/mol. The minimum Gasteiger partial charge on any atom is -0.493 e. The molecule has 1 N–H and O–H groups in total. The largest absolute Gasteiger partial charge is 0.493 e. The highest BCUT2D eigenvalue weighted by Crippen LogP contribution is 2.26. The number of nitrogens with one attached hydrogen (secondary N) is 1. The highest BCUT2D eigenvalue weighted by molar-refractivity contribution is 5.56. The summed E-state index contributed by atoms with van der Waals surface area (Å²) in [6, 6.07) is 4.78. The van der Waals surface area contributed by atoms with Gasteiger partial charge in [-0.25, -0.2) is 0 Å². The fraction of sp³-hybridized carbons (Fsp3) is 0.571. The van der Waals surface area contributed by atoms with Crippen molar-refractivity contribution in [3.05, 3.63) is 28.3 Å². The zero-order valence-corrected chi connectivity index (χ0v) is 11.8. The third-order valence-electron chi connectivity index (χ3n) is 2.68. The second kappa shape index (κ2) is 7.61. The van der Waals surface area contributed by atoms with Crippen LogP contribution in [0.2, 0.25) is 0 Å². The van der Waals surface area contributed by atoms with Gasteiger partial charge < -0.3 is 10.1 Å². The Morgan fingerprint density at radius 1 is 1.37 bits per heavy atom. The quantitative estimate of drug-likeness (QED) is 0.441. The maximum Gasteiger partial charge on any atom is 0.275 e. The van der Waals surface area contributed by atoms with Crippen molar-refractivity contribution >= 4 is 11.4 Å². The van der Waals surface area contributed by atoms with Gasteiger partial charge in [0.25, 0.3) is 5.69 Å². The number of ether oxygens (including phenoxy) is 1. The molecule has 0 aliphatic heterocycles. The van der Waals surface area contributed by atoms with E-state index < -0.39 is 4.92 Å². The summed E-state index contributed by atoms with van der Waals surface area (Å²) in [5, 5.41) is 13.9. The summed E-state index contributed by atoms with van der Waals surface area (Å²) in [6.07, 6.45) is 2.05. The van der Waals surface area contributed by atoms with Crippen LogP contribution in [0.15, 0.2) is 18.2 Å². The van der Waals surface area contributed by atoms with Crippen LogP contribution in [0.5, 0.6) is 5.75 Å². The van der Waals surface area contributed by atoms with Gasteiger partial charge in [-0.15, -0.1) is 0 Å². The van der Waals surface area contributed by atoms with Crippen LogP contribution in [-0.2, 0) is 0 Å². The van der Waals surface area contributed by atoms with E-state index in [1.54, 1.807) is 6.07 Å². The van der Waals surface area contributed by atoms with Gasteiger partial charge in [0.1, 0.15) is 5.75 Å². The predicted octanol–water partition coefficient (Wildman–Crippen LogP) is 3.84. The number of rotatable bonds is 8. The van der Waals surface area contributed by atoms with E-state index in [1.165, 1.54) is 12.1 Å². The van der Waals surface area contributed by atoms with Gasteiger partial charge in [-0.3, -0.25) is 10.1 Å². The third-order valence-corrected chi connectivity index (χ3v) is 2.68. The Kier molecular flexibility index (Phi) is 6.12. The molecule has 5 heteroatoms. The molecule has 0 aromatic heterocycles. The van der Waals surface area contributed by atoms with Crippen LogP contribution in [0.4, 0.5) is 11.4 Å². The second-order valence-electron chi connectivity index (χ2n) is 4.89. The van der Waals surface area contributed by atoms with E-state index in [1.807, 2.05) is 6.92 Å². The molecule has 1 aromatic carbocycles. The first-order valence-corrected chi connectivity index (χ1v) is 6.69. The van der Waals surface area contributed by atoms with Crippen LogP contribution >= 0.6 is 0 Å². The van der Waals surface area contributed by atoms with Gasteiger partial charge in [-0.1, -0.05) is 13.8 Å². The molecule has 0 unspecified atom stereocenters. The lowest BCUT2D eigenvalue weighted by Gasteiger charge is -2.10. The Hall–Kier alpha value is -1.78. The maximum absolute atomic E-state index is 10.9. The number of nitrogens with zero attached hydrogens (tertiary/aromatic N) is 1. The molecule has 0 saturated heterocycles. The topological polar surface area (TPSA) is 64.4 Å². The van der Waals surface area contributed by atoms with Crippen molar-refractivity contribution in [3.63, 3.8) is 0 Å². The number of hydrogen-bond acceptors (Lipinski definition) is 4. The number of anilines is 1. The Morgan fingerprint density at radius 3 is 2.68 bits per heavy atom. The Labute approximate surface area is 114 Å². The Balaban J connectivity index is 2.67. The summed E-state index contributed by atoms with van der Waals surface area (Å²) in [5.74, 6) is 1.19. The molecule has 0 bridgehead atoms. The standard InChI is InChI=1S/C14H22N2O3/c1-4-15-12-8-13(16(17)18)10-14(9-12)19-7-5-6-11(2)3/h8-11,15H,4-7H2,1-3H3. The summed E-state index contributed by atoms with van der Waals surface area (Å²) in [5.41, 5.74) is 0.771. The molecule has 0 aliphatic rings. The van der Waals surface area contributed by atoms with Crippen LogP contribution in [0, 0.1) is 16.0 Å². The fourth-order valence-electron chi connectivity index (χ4n) is 1.76. The molecule has 1 aromatic rings. The predicted molar refractivity (Wildman–Crippen MR) is 76.8 cm³/mol. The molecule has 19 heavy (non-hydrogen) atoms. The number of hydrogen-bond donors (Lipinski definition) is 1. The zero-order chi connectivity index (χ0) is 14.3. The van der Waals surface area contributed by atoms with E-state index in [0.29, 0.717) is 24.8 Å². The molecule has 0 radical (unpaired) electrons. The highest BCUT2D eigenvalue weighted by atomic mass is 16.6. The third kappa shape index (κ3) is 5.59. The summed E-state index contributed by atoms with van der Waals surface area (Å²) >= 11 is 0. The maximum atomic E-state index is 10.9. The van der Waals surface area contributed by atoms with Gasteiger partial charge in [0.15, 0.2) is 0 Å². The monoisotopic (exact) mass is 266 g/mol. The SMILES string of the molecule is CCNc1cc(OCCCC(C)C)cc([N+](=O)[O-])c1. The van der Waals surface area contributed by atoms with E-state index >= 15 is 0 Å². The summed E-state index contributed by atoms with van der Waals surface area (Å²) in [4.78, 5) is 10.5. The van der Waals surface area contributed by atoms with Crippen molar-refractivity contribution in [2.24, 2.45) is 5.92 Å². The van der Waals surface area contributed by atoms with Gasteiger partial charge >= 0.3 is 0 Å². The summed E-state index contributed by atoms with van der Waals surface area (Å²) < 4.78 is 5.59. The van der Waals surface area contributed by atoms with E-state index in [4.69, 9.17) is 4.74 Å². The molecule has 5 nitrogen and oxygen atoms in total. The first-order valence-electron chi connectivity index (χ1n) is 6.69. The van der Waals surface area contributed by atoms with Gasteiger partial charge in [0, 0.05) is 24.4 Å². The van der Waals surface area contributed by atoms with Gasteiger partial charge in [0.2, 0.25) is 0 Å². The summed E-state index contributed by atoms with van der Waals surface area (Å²) in [7, 11) is 0. The van der Waals surface area contributed by atoms with Crippen LogP contribution in [0.1, 0.15) is 33.6 Å². The van der Waals surface area contributed by atoms with Crippen molar-refractivity contribution in [3.8, 4) is 5.75 Å². The molecule has 0 amide bonds. The number of non-ortho nitro benzene ring substituents is 1. The first kappa shape index (κ1) is 15.3. The van der Waals surface area contributed by atoms with Crippen molar-refractivity contribution in [2.45, 2.75) is 33.6 Å². The van der Waals surface area contributed by atoms with Crippen molar-refractivity contribution in [1.29, 1.82) is 0 Å². The Bertz CT molecular complexity index is 419. The van der Waals surface area contributed by atoms with Crippen molar-refractivity contribution in [1.82, 2.24) is 0 Å². The molecule has 106 valence electrons. The lowest BCUT2D eigenvalue weighted by atomic mass is 10.1. The smallest absolute Gasteiger partial charge is 0.275 e. The lowest BCUT2D eigenvalue weighted by Crippen LogP contribution is -2.02. The van der Waals surface area contributed by atoms with Crippen LogP contribution in [0.3, 0.4) is 0 Å². The zero-order valence-electron chi connectivity index (χ0n) is 11.8. The first-order chi connectivity index (χ1) is 9.02. The van der Waals surface area contributed by atoms with Crippen LogP contribution < -0.4 is 10.1 Å². The number of nitro groups is 1. The average molecular weight is 266 g/mol. The molecule has 1 rings (SSSR count). The molecule has 0 fully saturated rings. The molecule has 0 atom stereocenters. The van der Waals surface area contributed by atoms with Crippen LogP contribution in [0.25, 0.3) is 0 Å². The normalized spacial score (nSPS) is 10.5. The van der Waals surface area contributed by atoms with Crippen molar-refractivity contribution in [2.75, 3.05) is 18.5 Å². The number of benzene rings is 1. The van der Waals surface area contributed by atoms with Gasteiger partial charge in [-0.2, -0.15) is 0 Å². The van der Waals surface area contributed by atoms with E-state index in [9.17, 15) is 10.1 Å². The second-order valence-corrected chi connectivity index (χ2v) is 4.89. The summed E-state index contributed by atoms with van der Waals surface area (Å²) in [6.45, 7) is 7.58. The van der Waals surface area contributed by atoms with Gasteiger partial charge in [-0.05, 0) is 25.7 Å². The molecule has 0 heterocycles. The molecule has 0 spiro atoms. The van der Waals surface area contributed by atoms with E-state index in [2.05, 4.69) is 19.2 Å². The fourth-order valence-corrected chi connectivity index (χ4v) is 1.76. The van der Waals surface area contributed by atoms with Gasteiger partial charge in [0.05, 0.1) is 17.6 Å².